The Kier molecular flexibility index (Phi) is 7.91. The Balaban J connectivity index is 1.52. The van der Waals surface area contributed by atoms with Crippen molar-refractivity contribution in [1.29, 1.82) is 0 Å². The van der Waals surface area contributed by atoms with Gasteiger partial charge in [0.25, 0.3) is 0 Å². The number of anilines is 2. The van der Waals surface area contributed by atoms with Crippen LogP contribution >= 0.6 is 23.2 Å². The van der Waals surface area contributed by atoms with Crippen LogP contribution in [0.5, 0.6) is 11.5 Å². The second kappa shape index (κ2) is 10.9. The predicted molar refractivity (Wildman–Crippen MR) is 122 cm³/mol. The zero-order valence-corrected chi connectivity index (χ0v) is 21.2. The number of amides is 1. The summed E-state index contributed by atoms with van der Waals surface area (Å²) in [6, 6.07) is 8.86. The number of hydrogen-bond donors (Lipinski definition) is 2. The van der Waals surface area contributed by atoms with Gasteiger partial charge in [0.15, 0.2) is 0 Å². The van der Waals surface area contributed by atoms with Crippen molar-refractivity contribution in [2.45, 2.75) is 6.10 Å². The van der Waals surface area contributed by atoms with Crippen LogP contribution in [-0.4, -0.2) is 56.5 Å². The molecule has 1 atom stereocenters. The van der Waals surface area contributed by atoms with Crippen LogP contribution in [0.3, 0.4) is 0 Å². The Hall–Kier alpha value is -2.12. The fourth-order valence-corrected chi connectivity index (χ4v) is 5.87. The summed E-state index contributed by atoms with van der Waals surface area (Å²) in [5.74, 6) is 1.32. The number of nitrogens with two attached hydrogens (primary N) is 1. The number of nitrogens with one attached hydrogen (secondary N) is 1. The molecule has 0 bridgehead atoms. The predicted octanol–water partition coefficient (Wildman–Crippen LogP) is 0.215. The van der Waals surface area contributed by atoms with Crippen molar-refractivity contribution in [1.82, 2.24) is 13.1 Å². The zero-order chi connectivity index (χ0) is 23.4. The topological polar surface area (TPSA) is 112 Å². The van der Waals surface area contributed by atoms with E-state index in [2.05, 4.69) is 18.4 Å². The van der Waals surface area contributed by atoms with Crippen LogP contribution in [0.15, 0.2) is 36.7 Å². The molecule has 0 spiro atoms. The van der Waals surface area contributed by atoms with Crippen molar-refractivity contribution in [3.8, 4) is 11.5 Å². The molecule has 1 aromatic heterocycles. The Bertz CT molecular complexity index is 1170. The number of fused-ring (bicyclic) bond motifs is 1. The van der Waals surface area contributed by atoms with E-state index in [0.717, 1.165) is 11.1 Å². The SMILES string of the molecule is COc1cc2c(Nc3ccc(Cl)c(Cl)c3)ncnc2cc1OCC1CN(CC(N)=O)[I-]CO1. The van der Waals surface area contributed by atoms with E-state index < -0.39 is 0 Å². The summed E-state index contributed by atoms with van der Waals surface area (Å²) in [6.45, 7) is 1.16. The molecule has 1 aliphatic heterocycles. The van der Waals surface area contributed by atoms with E-state index in [9.17, 15) is 4.79 Å². The van der Waals surface area contributed by atoms with Crippen molar-refractivity contribution < 1.29 is 40.5 Å². The molecular weight excluding hydrogens is 584 g/mol. The van der Waals surface area contributed by atoms with Gasteiger partial charge in [-0.3, -0.25) is 0 Å². The van der Waals surface area contributed by atoms with E-state index in [1.807, 2.05) is 12.1 Å². The Labute approximate surface area is 211 Å². The number of primary amides is 1. The van der Waals surface area contributed by atoms with Crippen molar-refractivity contribution in [3.63, 3.8) is 0 Å². The van der Waals surface area contributed by atoms with E-state index in [-0.39, 0.29) is 40.0 Å². The summed E-state index contributed by atoms with van der Waals surface area (Å²) in [4.78, 5) is 19.9. The van der Waals surface area contributed by atoms with Crippen molar-refractivity contribution in [2.24, 2.45) is 5.73 Å². The van der Waals surface area contributed by atoms with Gasteiger partial charge in [0.1, 0.15) is 0 Å². The van der Waals surface area contributed by atoms with E-state index in [1.165, 1.54) is 6.33 Å². The monoisotopic (exact) mass is 604 g/mol. The molecule has 1 aliphatic rings. The van der Waals surface area contributed by atoms with Gasteiger partial charge in [-0.05, 0) is 18.2 Å². The molecule has 1 fully saturated rings. The zero-order valence-electron chi connectivity index (χ0n) is 17.6. The van der Waals surface area contributed by atoms with Crippen LogP contribution in [0.1, 0.15) is 0 Å². The summed E-state index contributed by atoms with van der Waals surface area (Å²) < 4.78 is 20.1. The van der Waals surface area contributed by atoms with E-state index in [4.69, 9.17) is 43.1 Å². The van der Waals surface area contributed by atoms with Crippen LogP contribution in [0.2, 0.25) is 10.0 Å². The number of ether oxygens (including phenoxy) is 3. The molecule has 0 radical (unpaired) electrons. The molecule has 1 saturated heterocycles. The number of alkyl halides is 1. The van der Waals surface area contributed by atoms with Gasteiger partial charge in [-0.15, -0.1) is 0 Å². The molecule has 2 heterocycles. The van der Waals surface area contributed by atoms with Crippen molar-refractivity contribution >= 4 is 51.5 Å². The molecule has 33 heavy (non-hydrogen) atoms. The summed E-state index contributed by atoms with van der Waals surface area (Å²) in [5.41, 5.74) is 6.73. The molecule has 4 rings (SSSR count). The number of halogens is 3. The van der Waals surface area contributed by atoms with Crippen molar-refractivity contribution in [3.05, 3.63) is 46.7 Å². The first-order valence-corrected chi connectivity index (χ1v) is 13.1. The second-order valence-corrected chi connectivity index (χ2v) is 10.6. The summed E-state index contributed by atoms with van der Waals surface area (Å²) in [6.07, 6.45) is 1.30. The van der Waals surface area contributed by atoms with Crippen LogP contribution in [0.25, 0.3) is 10.9 Å². The fraction of sp³-hybridized carbons (Fsp3) is 0.286. The second-order valence-electron chi connectivity index (χ2n) is 7.09. The molecular formula is C21H21Cl2IN5O4-. The maximum atomic E-state index is 11.2. The third-order valence-electron chi connectivity index (χ3n) is 4.77. The van der Waals surface area contributed by atoms with Gasteiger partial charge in [-0.25, -0.2) is 0 Å². The number of hydrogen-bond acceptors (Lipinski definition) is 8. The van der Waals surface area contributed by atoms with Gasteiger partial charge < -0.3 is 0 Å². The number of nitrogens with zero attached hydrogens (tertiary/aromatic N) is 3. The maximum absolute atomic E-state index is 11.2. The number of aromatic nitrogens is 2. The fourth-order valence-electron chi connectivity index (χ4n) is 3.21. The van der Waals surface area contributed by atoms with Crippen LogP contribution < -0.4 is 42.0 Å². The summed E-state index contributed by atoms with van der Waals surface area (Å²) in [5, 5.41) is 4.90. The first-order chi connectivity index (χ1) is 15.9. The van der Waals surface area contributed by atoms with Crippen LogP contribution in [0, 0.1) is 0 Å². The molecule has 3 N–H and O–H groups in total. The Morgan fingerprint density at radius 1 is 1.27 bits per heavy atom. The molecule has 0 aliphatic carbocycles. The van der Waals surface area contributed by atoms with Gasteiger partial charge in [-0.1, -0.05) is 23.2 Å². The van der Waals surface area contributed by atoms with E-state index >= 15 is 0 Å². The molecule has 176 valence electrons. The molecule has 0 saturated carbocycles. The van der Waals surface area contributed by atoms with Gasteiger partial charge >= 0.3 is 160 Å². The van der Waals surface area contributed by atoms with Gasteiger partial charge in [0.2, 0.25) is 0 Å². The third kappa shape index (κ3) is 6.07. The van der Waals surface area contributed by atoms with Crippen molar-refractivity contribution in [2.75, 3.05) is 36.7 Å². The summed E-state index contributed by atoms with van der Waals surface area (Å²) >= 11 is 11.8. The third-order valence-corrected chi connectivity index (χ3v) is 7.85. The first kappa shape index (κ1) is 24.0. The summed E-state index contributed by atoms with van der Waals surface area (Å²) in [7, 11) is 1.57. The standard InChI is InChI=1S/C21H21Cl2IN5O4/c1-31-18-5-14-17(26-11-27-21(14)28-12-2-3-15(22)16(23)4-12)6-19(18)32-9-13-7-29(8-20(25)30)24-10-33-13/h2-6,11,13H,7-10H2,1H3,(H2,25,30)(H,26,27,28)/q-1. The van der Waals surface area contributed by atoms with Gasteiger partial charge in [-0.2, -0.15) is 0 Å². The minimum absolute atomic E-state index is 0.171. The average molecular weight is 605 g/mol. The number of carbonyl (C=O) groups excluding carboxylic acids is 1. The molecule has 2 aromatic carbocycles. The number of rotatable bonds is 8. The Morgan fingerprint density at radius 3 is 2.88 bits per heavy atom. The quantitative estimate of drug-likeness (QED) is 0.213. The molecule has 12 heteroatoms. The van der Waals surface area contributed by atoms with Crippen LogP contribution in [0.4, 0.5) is 11.5 Å². The van der Waals surface area contributed by atoms with E-state index in [1.54, 1.807) is 25.3 Å². The molecule has 9 nitrogen and oxygen atoms in total. The first-order valence-electron chi connectivity index (χ1n) is 9.85. The number of carbonyl (C=O) groups is 1. The van der Waals surface area contributed by atoms with Gasteiger partial charge in [0, 0.05) is 0 Å². The Morgan fingerprint density at radius 2 is 2.12 bits per heavy atom. The number of benzene rings is 2. The van der Waals surface area contributed by atoms with E-state index in [0.29, 0.717) is 50.6 Å². The minimum atomic E-state index is -0.351. The molecule has 1 unspecified atom stereocenters. The molecule has 3 aromatic rings. The van der Waals surface area contributed by atoms with Gasteiger partial charge in [0.05, 0.1) is 10.0 Å². The average Bonchev–Trinajstić information content (AvgIpc) is 2.79. The normalized spacial score (nSPS) is 16.8. The number of methoxy groups -OCH3 is 1. The molecule has 1 amide bonds. The van der Waals surface area contributed by atoms with Crippen LogP contribution in [-0.2, 0) is 9.53 Å².